The molecule has 1 aromatic carbocycles. The Hall–Kier alpha value is -3.03. The fraction of sp³-hybridized carbons (Fsp3) is 0.312. The average molecular weight is 329 g/mol. The Balaban J connectivity index is 1.83. The van der Waals surface area contributed by atoms with Gasteiger partial charge in [-0.25, -0.2) is 5.01 Å². The van der Waals surface area contributed by atoms with Crippen molar-refractivity contribution in [3.63, 3.8) is 0 Å². The Morgan fingerprint density at radius 1 is 1.38 bits per heavy atom. The zero-order valence-corrected chi connectivity index (χ0v) is 13.7. The largest absolute Gasteiger partial charge is 0.495 e. The van der Waals surface area contributed by atoms with E-state index in [0.717, 1.165) is 5.57 Å². The number of anilines is 1. The molecular formula is C16H19N5O3. The van der Waals surface area contributed by atoms with E-state index in [1.807, 2.05) is 19.9 Å². The minimum absolute atomic E-state index is 0.0308. The Kier molecular flexibility index (Phi) is 4.11. The van der Waals surface area contributed by atoms with Crippen LogP contribution >= 0.6 is 0 Å². The Labute approximate surface area is 139 Å². The lowest BCUT2D eigenvalue weighted by Crippen LogP contribution is -2.61. The highest BCUT2D eigenvalue weighted by molar-refractivity contribution is 6.08. The fourth-order valence-corrected chi connectivity index (χ4v) is 2.51. The van der Waals surface area contributed by atoms with E-state index in [4.69, 9.17) is 4.74 Å². The number of carbonyl (C=O) groups excluding carboxylic acids is 2. The second-order valence-electron chi connectivity index (χ2n) is 5.72. The van der Waals surface area contributed by atoms with Crippen LogP contribution < -0.4 is 20.8 Å². The van der Waals surface area contributed by atoms with Crippen molar-refractivity contribution < 1.29 is 14.3 Å². The molecule has 126 valence electrons. The molecule has 2 aliphatic rings. The normalized spacial score (nSPS) is 19.0. The molecule has 0 aliphatic carbocycles. The van der Waals surface area contributed by atoms with Crippen LogP contribution in [0.4, 0.5) is 5.69 Å². The first-order chi connectivity index (χ1) is 11.5. The molecule has 2 heterocycles. The minimum Gasteiger partial charge on any atom is -0.495 e. The molecule has 0 aromatic heterocycles. The number of carbonyl (C=O) groups is 2. The van der Waals surface area contributed by atoms with E-state index in [0.29, 0.717) is 23.2 Å². The number of aliphatic imine (C=N–C) groups is 1. The van der Waals surface area contributed by atoms with Gasteiger partial charge in [0, 0.05) is 0 Å². The summed E-state index contributed by atoms with van der Waals surface area (Å²) < 4.78 is 5.24. The number of para-hydroxylation sites is 2. The van der Waals surface area contributed by atoms with Crippen molar-refractivity contribution in [3.05, 3.63) is 35.7 Å². The Bertz CT molecular complexity index is 752. The first kappa shape index (κ1) is 15.9. The van der Waals surface area contributed by atoms with Gasteiger partial charge in [0.1, 0.15) is 17.6 Å². The van der Waals surface area contributed by atoms with E-state index >= 15 is 0 Å². The molecule has 1 fully saturated rings. The molecule has 8 nitrogen and oxygen atoms in total. The van der Waals surface area contributed by atoms with Crippen LogP contribution in [-0.2, 0) is 9.59 Å². The predicted octanol–water partition coefficient (Wildman–Crippen LogP) is 0.950. The smallest absolute Gasteiger partial charge is 0.249 e. The summed E-state index contributed by atoms with van der Waals surface area (Å²) >= 11 is 0. The summed E-state index contributed by atoms with van der Waals surface area (Å²) in [5.74, 6) is 0.954. The number of methoxy groups -OCH3 is 1. The topological polar surface area (TPSA) is 95.1 Å². The van der Waals surface area contributed by atoms with Crippen LogP contribution in [0, 0.1) is 0 Å². The first-order valence-electron chi connectivity index (χ1n) is 7.55. The zero-order valence-electron chi connectivity index (χ0n) is 13.7. The maximum Gasteiger partial charge on any atom is 0.249 e. The number of amides is 2. The molecule has 8 heteroatoms. The number of hydrogen-bond donors (Lipinski definition) is 3. The van der Waals surface area contributed by atoms with E-state index in [9.17, 15) is 9.59 Å². The van der Waals surface area contributed by atoms with Crippen LogP contribution in [0.25, 0.3) is 0 Å². The van der Waals surface area contributed by atoms with Crippen LogP contribution in [0.2, 0.25) is 0 Å². The molecule has 24 heavy (non-hydrogen) atoms. The van der Waals surface area contributed by atoms with Crippen LogP contribution in [0.3, 0.4) is 0 Å². The van der Waals surface area contributed by atoms with Crippen molar-refractivity contribution in [2.45, 2.75) is 26.3 Å². The van der Waals surface area contributed by atoms with Gasteiger partial charge in [-0.2, -0.15) is 4.99 Å². The molecule has 1 aromatic rings. The third-order valence-electron chi connectivity index (χ3n) is 3.75. The molecule has 1 atom stereocenters. The Morgan fingerprint density at radius 2 is 2.12 bits per heavy atom. The molecule has 2 aliphatic heterocycles. The van der Waals surface area contributed by atoms with Gasteiger partial charge >= 0.3 is 0 Å². The molecule has 1 saturated heterocycles. The summed E-state index contributed by atoms with van der Waals surface area (Å²) in [7, 11) is 1.53. The van der Waals surface area contributed by atoms with Gasteiger partial charge in [-0.05, 0) is 31.6 Å². The van der Waals surface area contributed by atoms with Gasteiger partial charge in [-0.3, -0.25) is 20.3 Å². The number of guanidine groups is 1. The number of ether oxygens (including phenoxy) is 1. The number of nitrogens with zero attached hydrogens (tertiary/aromatic N) is 2. The number of nitrogens with one attached hydrogen (secondary N) is 3. The van der Waals surface area contributed by atoms with Gasteiger partial charge in [0.15, 0.2) is 0 Å². The van der Waals surface area contributed by atoms with E-state index in [-0.39, 0.29) is 18.2 Å². The highest BCUT2D eigenvalue weighted by atomic mass is 16.5. The van der Waals surface area contributed by atoms with E-state index in [1.165, 1.54) is 7.11 Å². The fourth-order valence-electron chi connectivity index (χ4n) is 2.51. The number of hydrazine groups is 1. The summed E-state index contributed by atoms with van der Waals surface area (Å²) in [6.45, 7) is 3.80. The maximum absolute atomic E-state index is 12.7. The van der Waals surface area contributed by atoms with E-state index in [1.54, 1.807) is 23.2 Å². The lowest BCUT2D eigenvalue weighted by atomic mass is 10.1. The predicted molar refractivity (Wildman–Crippen MR) is 89.0 cm³/mol. The van der Waals surface area contributed by atoms with Gasteiger partial charge in [0.05, 0.1) is 19.2 Å². The van der Waals surface area contributed by atoms with Crippen molar-refractivity contribution in [3.8, 4) is 5.75 Å². The molecule has 2 amide bonds. The van der Waals surface area contributed by atoms with Crippen LogP contribution in [0.5, 0.6) is 5.75 Å². The summed E-state index contributed by atoms with van der Waals surface area (Å²) in [4.78, 5) is 28.9. The van der Waals surface area contributed by atoms with Gasteiger partial charge in [0.2, 0.25) is 17.8 Å². The number of allylic oxidation sites excluding steroid dienone is 1. The van der Waals surface area contributed by atoms with E-state index in [2.05, 4.69) is 21.1 Å². The standard InChI is InChI=1S/C16H19N5O3/c1-9(2)14-19-16-18-13(22)8-11(21(16)20-14)15(23)17-10-6-4-5-7-12(10)24-3/h4-7,11,20H,8H2,1-3H3,(H,17,23)(H,18,19,22)/t11-/m0/s1. The Morgan fingerprint density at radius 3 is 2.83 bits per heavy atom. The molecule has 0 saturated carbocycles. The minimum atomic E-state index is -0.709. The number of hydrogen-bond acceptors (Lipinski definition) is 6. The molecule has 0 bridgehead atoms. The number of benzene rings is 1. The SMILES string of the molecule is COc1ccccc1NC(=O)[C@@H]1CC(=O)NC2=NC(=C(C)C)NN21. The van der Waals surface area contributed by atoms with Crippen molar-refractivity contribution in [2.75, 3.05) is 12.4 Å². The van der Waals surface area contributed by atoms with Crippen LogP contribution in [0.1, 0.15) is 20.3 Å². The third-order valence-corrected chi connectivity index (χ3v) is 3.75. The molecular weight excluding hydrogens is 310 g/mol. The molecule has 0 radical (unpaired) electrons. The lowest BCUT2D eigenvalue weighted by molar-refractivity contribution is -0.129. The third kappa shape index (κ3) is 2.90. The van der Waals surface area contributed by atoms with Crippen molar-refractivity contribution in [1.29, 1.82) is 0 Å². The average Bonchev–Trinajstić information content (AvgIpc) is 2.98. The van der Waals surface area contributed by atoms with Gasteiger partial charge in [-0.1, -0.05) is 12.1 Å². The summed E-state index contributed by atoms with van der Waals surface area (Å²) in [5.41, 5.74) is 4.57. The molecule has 0 spiro atoms. The van der Waals surface area contributed by atoms with Crippen molar-refractivity contribution in [1.82, 2.24) is 15.8 Å². The highest BCUT2D eigenvalue weighted by Gasteiger charge is 2.39. The van der Waals surface area contributed by atoms with Crippen LogP contribution in [-0.4, -0.2) is 35.9 Å². The summed E-state index contributed by atoms with van der Waals surface area (Å²) in [6, 6.07) is 6.41. The van der Waals surface area contributed by atoms with Gasteiger partial charge in [-0.15, -0.1) is 0 Å². The zero-order chi connectivity index (χ0) is 17.3. The first-order valence-corrected chi connectivity index (χ1v) is 7.55. The maximum atomic E-state index is 12.7. The van der Waals surface area contributed by atoms with Crippen LogP contribution in [0.15, 0.2) is 40.7 Å². The monoisotopic (exact) mass is 329 g/mol. The molecule has 3 N–H and O–H groups in total. The van der Waals surface area contributed by atoms with Crippen molar-refractivity contribution in [2.24, 2.45) is 4.99 Å². The molecule has 3 rings (SSSR count). The number of rotatable bonds is 3. The highest BCUT2D eigenvalue weighted by Crippen LogP contribution is 2.25. The lowest BCUT2D eigenvalue weighted by Gasteiger charge is -2.32. The second kappa shape index (κ2) is 6.23. The summed E-state index contributed by atoms with van der Waals surface area (Å²) in [5, 5.41) is 7.06. The van der Waals surface area contributed by atoms with Gasteiger partial charge in [0.25, 0.3) is 0 Å². The quantitative estimate of drug-likeness (QED) is 0.767. The second-order valence-corrected chi connectivity index (χ2v) is 5.72. The van der Waals surface area contributed by atoms with Crippen molar-refractivity contribution >= 4 is 23.5 Å². The van der Waals surface area contributed by atoms with E-state index < -0.39 is 6.04 Å². The molecule has 0 unspecified atom stereocenters. The summed E-state index contributed by atoms with van der Waals surface area (Å²) in [6.07, 6.45) is 0.0308. The number of fused-ring (bicyclic) bond motifs is 1. The van der Waals surface area contributed by atoms with Gasteiger partial charge < -0.3 is 10.1 Å².